The molecule has 1 aromatic rings. The Morgan fingerprint density at radius 2 is 2.29 bits per heavy atom. The first kappa shape index (κ1) is 11.5. The van der Waals surface area contributed by atoms with Crippen molar-refractivity contribution in [2.24, 2.45) is 0 Å². The van der Waals surface area contributed by atoms with Gasteiger partial charge in [0.1, 0.15) is 6.07 Å². The lowest BCUT2D eigenvalue weighted by Gasteiger charge is -2.24. The fourth-order valence-electron chi connectivity index (χ4n) is 2.17. The number of hydrogen-bond acceptors (Lipinski definition) is 3. The van der Waals surface area contributed by atoms with Crippen LogP contribution in [0.2, 0.25) is 0 Å². The van der Waals surface area contributed by atoms with Crippen LogP contribution in [-0.4, -0.2) is 25.5 Å². The molecule has 0 unspecified atom stereocenters. The average Bonchev–Trinajstić information content (AvgIpc) is 2.53. The topological polar surface area (TPSA) is 56.1 Å². The predicted molar refractivity (Wildman–Crippen MR) is 65.7 cm³/mol. The van der Waals surface area contributed by atoms with Crippen LogP contribution in [-0.2, 0) is 4.79 Å². The number of carbonyl (C=O) groups is 1. The van der Waals surface area contributed by atoms with Gasteiger partial charge < -0.3 is 10.2 Å². The Hall–Kier alpha value is -2.02. The van der Waals surface area contributed by atoms with Gasteiger partial charge in [-0.2, -0.15) is 5.26 Å². The molecule has 0 saturated carbocycles. The minimum atomic E-state index is 0.0228. The molecule has 1 amide bonds. The standard InChI is InChI=1S/C13H15N3O/c1-10-4-2-5-11(8-14)13(10)16-7-3-6-15-12(17)9-16/h2,4-5H,3,6-7,9H2,1H3,(H,15,17). The Morgan fingerprint density at radius 3 is 3.06 bits per heavy atom. The average molecular weight is 229 g/mol. The van der Waals surface area contributed by atoms with Crippen molar-refractivity contribution in [1.82, 2.24) is 5.32 Å². The van der Waals surface area contributed by atoms with Crippen LogP contribution >= 0.6 is 0 Å². The molecule has 1 heterocycles. The highest BCUT2D eigenvalue weighted by Crippen LogP contribution is 2.25. The Labute approximate surface area is 101 Å². The van der Waals surface area contributed by atoms with Crippen LogP contribution in [0.4, 0.5) is 5.69 Å². The maximum absolute atomic E-state index is 11.5. The number of aryl methyl sites for hydroxylation is 1. The number of hydrogen-bond donors (Lipinski definition) is 1. The van der Waals surface area contributed by atoms with E-state index in [0.717, 1.165) is 24.2 Å². The van der Waals surface area contributed by atoms with E-state index in [1.54, 1.807) is 6.07 Å². The van der Waals surface area contributed by atoms with E-state index in [9.17, 15) is 4.79 Å². The van der Waals surface area contributed by atoms with Crippen molar-refractivity contribution in [3.05, 3.63) is 29.3 Å². The number of carbonyl (C=O) groups excluding carboxylic acids is 1. The molecule has 0 atom stereocenters. The second-order valence-corrected chi connectivity index (χ2v) is 4.21. The number of benzene rings is 1. The van der Waals surface area contributed by atoms with Crippen molar-refractivity contribution >= 4 is 11.6 Å². The molecule has 0 spiro atoms. The van der Waals surface area contributed by atoms with Gasteiger partial charge in [-0.1, -0.05) is 12.1 Å². The van der Waals surface area contributed by atoms with Crippen LogP contribution in [0.1, 0.15) is 17.5 Å². The molecular formula is C13H15N3O. The zero-order valence-electron chi connectivity index (χ0n) is 9.86. The molecule has 88 valence electrons. The molecule has 2 rings (SSSR count). The van der Waals surface area contributed by atoms with Crippen LogP contribution in [0.15, 0.2) is 18.2 Å². The third-order valence-electron chi connectivity index (χ3n) is 2.94. The largest absolute Gasteiger partial charge is 0.361 e. The Bertz CT molecular complexity index is 476. The first-order chi connectivity index (χ1) is 8.22. The number of nitrogens with one attached hydrogen (secondary N) is 1. The minimum Gasteiger partial charge on any atom is -0.361 e. The molecule has 1 N–H and O–H groups in total. The van der Waals surface area contributed by atoms with Crippen LogP contribution < -0.4 is 10.2 Å². The Morgan fingerprint density at radius 1 is 1.47 bits per heavy atom. The van der Waals surface area contributed by atoms with E-state index in [1.165, 1.54) is 0 Å². The summed E-state index contributed by atoms with van der Waals surface area (Å²) < 4.78 is 0. The summed E-state index contributed by atoms with van der Waals surface area (Å²) in [6.07, 6.45) is 0.908. The van der Waals surface area contributed by atoms with E-state index in [2.05, 4.69) is 11.4 Å². The highest BCUT2D eigenvalue weighted by Gasteiger charge is 2.18. The normalized spacial score (nSPS) is 16.0. The van der Waals surface area contributed by atoms with Gasteiger partial charge in [-0.25, -0.2) is 0 Å². The lowest BCUT2D eigenvalue weighted by Crippen LogP contribution is -2.33. The monoisotopic (exact) mass is 229 g/mol. The third kappa shape index (κ3) is 2.39. The Kier molecular flexibility index (Phi) is 3.29. The van der Waals surface area contributed by atoms with Crippen molar-refractivity contribution < 1.29 is 4.79 Å². The molecule has 0 aromatic heterocycles. The van der Waals surface area contributed by atoms with Crippen LogP contribution in [0.3, 0.4) is 0 Å². The van der Waals surface area contributed by atoms with Gasteiger partial charge >= 0.3 is 0 Å². The molecule has 0 bridgehead atoms. The summed E-state index contributed by atoms with van der Waals surface area (Å²) in [6, 6.07) is 7.83. The van der Waals surface area contributed by atoms with E-state index in [1.807, 2.05) is 24.0 Å². The van der Waals surface area contributed by atoms with Crippen molar-refractivity contribution in [3.8, 4) is 6.07 Å². The lowest BCUT2D eigenvalue weighted by molar-refractivity contribution is -0.119. The molecule has 1 aliphatic heterocycles. The number of nitrogens with zero attached hydrogens (tertiary/aromatic N) is 2. The van der Waals surface area contributed by atoms with Crippen molar-refractivity contribution in [2.75, 3.05) is 24.5 Å². The maximum Gasteiger partial charge on any atom is 0.239 e. The van der Waals surface area contributed by atoms with Gasteiger partial charge in [-0.15, -0.1) is 0 Å². The van der Waals surface area contributed by atoms with Gasteiger partial charge in [0, 0.05) is 13.1 Å². The van der Waals surface area contributed by atoms with Crippen molar-refractivity contribution in [1.29, 1.82) is 5.26 Å². The number of amides is 1. The van der Waals surface area contributed by atoms with Gasteiger partial charge in [0.2, 0.25) is 5.91 Å². The molecule has 0 radical (unpaired) electrons. The van der Waals surface area contributed by atoms with Crippen molar-refractivity contribution in [2.45, 2.75) is 13.3 Å². The summed E-state index contributed by atoms with van der Waals surface area (Å²) in [7, 11) is 0. The number of anilines is 1. The van der Waals surface area contributed by atoms with Gasteiger partial charge in [-0.05, 0) is 25.0 Å². The van der Waals surface area contributed by atoms with Gasteiger partial charge in [0.25, 0.3) is 0 Å². The summed E-state index contributed by atoms with van der Waals surface area (Å²) in [5.74, 6) is 0.0228. The van der Waals surface area contributed by atoms with Gasteiger partial charge in [-0.3, -0.25) is 4.79 Å². The third-order valence-corrected chi connectivity index (χ3v) is 2.94. The lowest BCUT2D eigenvalue weighted by atomic mass is 10.1. The SMILES string of the molecule is Cc1cccc(C#N)c1N1CCCNC(=O)C1. The van der Waals surface area contributed by atoms with Gasteiger partial charge in [0.15, 0.2) is 0 Å². The molecule has 1 aliphatic rings. The maximum atomic E-state index is 11.5. The smallest absolute Gasteiger partial charge is 0.239 e. The molecule has 4 nitrogen and oxygen atoms in total. The van der Waals surface area contributed by atoms with Crippen LogP contribution in [0.5, 0.6) is 0 Å². The fourth-order valence-corrected chi connectivity index (χ4v) is 2.17. The van der Waals surface area contributed by atoms with E-state index >= 15 is 0 Å². The highest BCUT2D eigenvalue weighted by molar-refractivity contribution is 5.83. The van der Waals surface area contributed by atoms with Gasteiger partial charge in [0.05, 0.1) is 17.8 Å². The highest BCUT2D eigenvalue weighted by atomic mass is 16.2. The summed E-state index contributed by atoms with van der Waals surface area (Å²) in [6.45, 7) is 3.82. The van der Waals surface area contributed by atoms with Crippen LogP contribution in [0.25, 0.3) is 0 Å². The summed E-state index contributed by atoms with van der Waals surface area (Å²) in [5.41, 5.74) is 2.57. The minimum absolute atomic E-state index is 0.0228. The molecule has 1 aromatic carbocycles. The quantitative estimate of drug-likeness (QED) is 0.787. The molecule has 17 heavy (non-hydrogen) atoms. The predicted octanol–water partition coefficient (Wildman–Crippen LogP) is 1.19. The Balaban J connectivity index is 2.38. The molecule has 1 saturated heterocycles. The number of nitriles is 1. The van der Waals surface area contributed by atoms with Crippen molar-refractivity contribution in [3.63, 3.8) is 0 Å². The molecular weight excluding hydrogens is 214 g/mol. The second kappa shape index (κ2) is 4.88. The van der Waals surface area contributed by atoms with E-state index in [0.29, 0.717) is 18.7 Å². The number of para-hydroxylation sites is 1. The first-order valence-electron chi connectivity index (χ1n) is 5.73. The van der Waals surface area contributed by atoms with E-state index < -0.39 is 0 Å². The summed E-state index contributed by atoms with van der Waals surface area (Å²) in [4.78, 5) is 13.5. The van der Waals surface area contributed by atoms with Crippen LogP contribution in [0, 0.1) is 18.3 Å². The van der Waals surface area contributed by atoms with E-state index in [4.69, 9.17) is 5.26 Å². The number of rotatable bonds is 1. The zero-order valence-corrected chi connectivity index (χ0v) is 9.86. The van der Waals surface area contributed by atoms with E-state index in [-0.39, 0.29) is 5.91 Å². The first-order valence-corrected chi connectivity index (χ1v) is 5.73. The summed E-state index contributed by atoms with van der Waals surface area (Å²) >= 11 is 0. The fraction of sp³-hybridized carbons (Fsp3) is 0.385. The molecule has 1 fully saturated rings. The molecule has 0 aliphatic carbocycles. The zero-order chi connectivity index (χ0) is 12.3. The molecule has 4 heteroatoms. The second-order valence-electron chi connectivity index (χ2n) is 4.21. The summed E-state index contributed by atoms with van der Waals surface area (Å²) in [5, 5.41) is 12.0.